The van der Waals surface area contributed by atoms with Crippen LogP contribution in [0.25, 0.3) is 0 Å². The molecule has 0 atom stereocenters. The highest BCUT2D eigenvalue weighted by atomic mass is 35.5. The molecular formula is C14H18ClNO4. The van der Waals surface area contributed by atoms with Crippen molar-refractivity contribution in [1.82, 2.24) is 0 Å². The fraction of sp³-hybridized carbons (Fsp3) is 0.429. The van der Waals surface area contributed by atoms with Crippen molar-refractivity contribution < 1.29 is 19.4 Å². The molecule has 110 valence electrons. The fourth-order valence-electron chi connectivity index (χ4n) is 1.63. The number of anilines is 1. The molecule has 0 aromatic heterocycles. The summed E-state index contributed by atoms with van der Waals surface area (Å²) in [7, 11) is 0. The molecule has 1 aromatic carbocycles. The number of Topliss-reactive ketones (excluding diaryl/α,β-unsaturated/α-hetero) is 1. The maximum absolute atomic E-state index is 12.3. The van der Waals surface area contributed by atoms with Crippen LogP contribution < -0.4 is 10.5 Å². The zero-order valence-electron chi connectivity index (χ0n) is 11.7. The number of halogens is 1. The molecule has 0 radical (unpaired) electrons. The molecule has 0 aliphatic carbocycles. The van der Waals surface area contributed by atoms with Crippen LogP contribution in [-0.4, -0.2) is 23.5 Å². The number of nitrogens with two attached hydrogens (primary N) is 1. The van der Waals surface area contributed by atoms with Crippen LogP contribution in [0.1, 0.15) is 37.6 Å². The Labute approximate surface area is 122 Å². The molecule has 0 aliphatic heterocycles. The summed E-state index contributed by atoms with van der Waals surface area (Å²) >= 11 is 5.91. The molecule has 0 heterocycles. The summed E-state index contributed by atoms with van der Waals surface area (Å²) in [5.74, 6) is -1.06. The molecular weight excluding hydrogens is 282 g/mol. The Bertz CT molecular complexity index is 540. The number of hydrogen-bond acceptors (Lipinski definition) is 4. The standard InChI is InChI=1S/C14H18ClNO4/c1-4-20-12-6-10(16)9(15)5-8(12)11(17)7-14(2,3)13(18)19/h5-6H,4,7,16H2,1-3H3,(H,18,19). The van der Waals surface area contributed by atoms with E-state index in [2.05, 4.69) is 0 Å². The zero-order valence-corrected chi connectivity index (χ0v) is 12.5. The smallest absolute Gasteiger partial charge is 0.309 e. The summed E-state index contributed by atoms with van der Waals surface area (Å²) in [5, 5.41) is 9.32. The van der Waals surface area contributed by atoms with Crippen LogP contribution in [0.15, 0.2) is 12.1 Å². The van der Waals surface area contributed by atoms with E-state index >= 15 is 0 Å². The first-order chi connectivity index (χ1) is 9.19. The van der Waals surface area contributed by atoms with E-state index in [1.807, 2.05) is 0 Å². The third-order valence-corrected chi connectivity index (χ3v) is 3.21. The van der Waals surface area contributed by atoms with Crippen LogP contribution in [-0.2, 0) is 4.79 Å². The van der Waals surface area contributed by atoms with Crippen molar-refractivity contribution in [2.45, 2.75) is 27.2 Å². The van der Waals surface area contributed by atoms with Gasteiger partial charge in [-0.05, 0) is 26.8 Å². The van der Waals surface area contributed by atoms with E-state index in [1.165, 1.54) is 26.0 Å². The summed E-state index contributed by atoms with van der Waals surface area (Å²) in [5.41, 5.74) is 5.08. The molecule has 0 spiro atoms. The Morgan fingerprint density at radius 2 is 2.00 bits per heavy atom. The minimum Gasteiger partial charge on any atom is -0.493 e. The average molecular weight is 300 g/mol. The maximum atomic E-state index is 12.3. The number of rotatable bonds is 6. The Kier molecular flexibility index (Phi) is 5.00. The van der Waals surface area contributed by atoms with Crippen LogP contribution in [0.2, 0.25) is 5.02 Å². The zero-order chi connectivity index (χ0) is 15.5. The van der Waals surface area contributed by atoms with Crippen LogP contribution in [0.3, 0.4) is 0 Å². The van der Waals surface area contributed by atoms with Crippen molar-refractivity contribution in [3.63, 3.8) is 0 Å². The van der Waals surface area contributed by atoms with Crippen LogP contribution in [0.5, 0.6) is 5.75 Å². The molecule has 1 rings (SSSR count). The van der Waals surface area contributed by atoms with Crippen LogP contribution in [0.4, 0.5) is 5.69 Å². The largest absolute Gasteiger partial charge is 0.493 e. The van der Waals surface area contributed by atoms with Crippen molar-refractivity contribution in [3.05, 3.63) is 22.7 Å². The number of ether oxygens (including phenoxy) is 1. The van der Waals surface area contributed by atoms with Gasteiger partial charge in [0.1, 0.15) is 5.75 Å². The fourth-order valence-corrected chi connectivity index (χ4v) is 1.80. The molecule has 0 aliphatic rings. The topological polar surface area (TPSA) is 89.6 Å². The molecule has 6 heteroatoms. The molecule has 0 fully saturated rings. The first-order valence-electron chi connectivity index (χ1n) is 6.17. The van der Waals surface area contributed by atoms with Gasteiger partial charge in [0.05, 0.1) is 28.3 Å². The third-order valence-electron chi connectivity index (χ3n) is 2.88. The minimum atomic E-state index is -1.16. The van der Waals surface area contributed by atoms with Crippen molar-refractivity contribution in [2.24, 2.45) is 5.41 Å². The second-order valence-corrected chi connectivity index (χ2v) is 5.50. The van der Waals surface area contributed by atoms with Gasteiger partial charge in [0.15, 0.2) is 5.78 Å². The first-order valence-corrected chi connectivity index (χ1v) is 6.55. The molecule has 0 bridgehead atoms. The van der Waals surface area contributed by atoms with E-state index in [-0.39, 0.29) is 22.8 Å². The van der Waals surface area contributed by atoms with E-state index < -0.39 is 11.4 Å². The van der Waals surface area contributed by atoms with Crippen molar-refractivity contribution in [3.8, 4) is 5.75 Å². The van der Waals surface area contributed by atoms with Crippen LogP contribution >= 0.6 is 11.6 Å². The van der Waals surface area contributed by atoms with Crippen molar-refractivity contribution in [1.29, 1.82) is 0 Å². The first kappa shape index (κ1) is 16.3. The summed E-state index contributed by atoms with van der Waals surface area (Å²) in [6.45, 7) is 5.13. The lowest BCUT2D eigenvalue weighted by Gasteiger charge is -2.19. The normalized spacial score (nSPS) is 11.2. The predicted molar refractivity (Wildman–Crippen MR) is 77.4 cm³/mol. The SMILES string of the molecule is CCOc1cc(N)c(Cl)cc1C(=O)CC(C)(C)C(=O)O. The Morgan fingerprint density at radius 3 is 2.50 bits per heavy atom. The highest BCUT2D eigenvalue weighted by Gasteiger charge is 2.31. The number of nitrogen functional groups attached to an aromatic ring is 1. The van der Waals surface area contributed by atoms with Gasteiger partial charge in [0.2, 0.25) is 0 Å². The Balaban J connectivity index is 3.15. The van der Waals surface area contributed by atoms with Gasteiger partial charge in [-0.2, -0.15) is 0 Å². The van der Waals surface area contributed by atoms with Gasteiger partial charge < -0.3 is 15.6 Å². The quantitative estimate of drug-likeness (QED) is 0.622. The number of carbonyl (C=O) groups excluding carboxylic acids is 1. The summed E-state index contributed by atoms with van der Waals surface area (Å²) in [4.78, 5) is 23.4. The lowest BCUT2D eigenvalue weighted by molar-refractivity contribution is -0.146. The van der Waals surface area contributed by atoms with Crippen LogP contribution in [0, 0.1) is 5.41 Å². The number of hydrogen-bond donors (Lipinski definition) is 2. The minimum absolute atomic E-state index is 0.150. The molecule has 0 unspecified atom stereocenters. The molecule has 0 saturated carbocycles. The summed E-state index contributed by atoms with van der Waals surface area (Å²) in [6, 6.07) is 2.90. The van der Waals surface area contributed by atoms with Gasteiger partial charge in [0, 0.05) is 12.5 Å². The van der Waals surface area contributed by atoms with Crippen molar-refractivity contribution in [2.75, 3.05) is 12.3 Å². The third kappa shape index (κ3) is 3.63. The molecule has 5 nitrogen and oxygen atoms in total. The number of benzene rings is 1. The molecule has 1 aromatic rings. The van der Waals surface area contributed by atoms with E-state index in [0.717, 1.165) is 0 Å². The van der Waals surface area contributed by atoms with E-state index in [0.29, 0.717) is 18.0 Å². The lowest BCUT2D eigenvalue weighted by Crippen LogP contribution is -2.27. The molecule has 0 amide bonds. The highest BCUT2D eigenvalue weighted by Crippen LogP contribution is 2.32. The van der Waals surface area contributed by atoms with Gasteiger partial charge >= 0.3 is 5.97 Å². The predicted octanol–water partition coefficient (Wildman–Crippen LogP) is 3.00. The second-order valence-electron chi connectivity index (χ2n) is 5.09. The van der Waals surface area contributed by atoms with Gasteiger partial charge in [-0.1, -0.05) is 11.6 Å². The van der Waals surface area contributed by atoms with E-state index in [9.17, 15) is 9.59 Å². The number of aliphatic carboxylic acids is 1. The van der Waals surface area contributed by atoms with Gasteiger partial charge in [-0.25, -0.2) is 0 Å². The maximum Gasteiger partial charge on any atom is 0.309 e. The average Bonchev–Trinajstić information content (AvgIpc) is 2.33. The number of carbonyl (C=O) groups is 2. The monoisotopic (exact) mass is 299 g/mol. The highest BCUT2D eigenvalue weighted by molar-refractivity contribution is 6.33. The molecule has 3 N–H and O–H groups in total. The number of ketones is 1. The Hall–Kier alpha value is -1.75. The van der Waals surface area contributed by atoms with E-state index in [4.69, 9.17) is 27.2 Å². The Morgan fingerprint density at radius 1 is 1.40 bits per heavy atom. The number of carboxylic acids is 1. The molecule has 20 heavy (non-hydrogen) atoms. The number of carboxylic acid groups (broad SMARTS) is 1. The second kappa shape index (κ2) is 6.13. The van der Waals surface area contributed by atoms with Gasteiger partial charge in [0.25, 0.3) is 0 Å². The summed E-state index contributed by atoms with van der Waals surface area (Å²) in [6.07, 6.45) is -0.150. The van der Waals surface area contributed by atoms with Gasteiger partial charge in [-0.15, -0.1) is 0 Å². The lowest BCUT2D eigenvalue weighted by atomic mass is 9.85. The summed E-state index contributed by atoms with van der Waals surface area (Å²) < 4.78 is 5.36. The molecule has 0 saturated heterocycles. The van der Waals surface area contributed by atoms with E-state index in [1.54, 1.807) is 6.92 Å². The van der Waals surface area contributed by atoms with Crippen molar-refractivity contribution >= 4 is 29.0 Å². The van der Waals surface area contributed by atoms with Gasteiger partial charge in [-0.3, -0.25) is 9.59 Å².